The number of hydrogen-bond donors (Lipinski definition) is 1. The van der Waals surface area contributed by atoms with Gasteiger partial charge < -0.3 is 5.73 Å². The van der Waals surface area contributed by atoms with E-state index in [9.17, 15) is 8.78 Å². The van der Waals surface area contributed by atoms with E-state index >= 15 is 0 Å². The van der Waals surface area contributed by atoms with E-state index < -0.39 is 11.8 Å². The molecule has 1 aliphatic rings. The lowest BCUT2D eigenvalue weighted by Gasteiger charge is -2.15. The van der Waals surface area contributed by atoms with E-state index in [1.54, 1.807) is 0 Å². The molecule has 1 rings (SSSR count). The summed E-state index contributed by atoms with van der Waals surface area (Å²) in [4.78, 5) is 0. The minimum Gasteiger partial charge on any atom is -0.330 e. The molecule has 0 aliphatic heterocycles. The summed E-state index contributed by atoms with van der Waals surface area (Å²) in [6.07, 6.45) is 1.27. The van der Waals surface area contributed by atoms with Crippen LogP contribution in [0, 0.1) is 5.92 Å². The van der Waals surface area contributed by atoms with Gasteiger partial charge in [-0.2, -0.15) is 0 Å². The van der Waals surface area contributed by atoms with Crippen LogP contribution in [-0.2, 0) is 0 Å². The number of hydrogen-bond acceptors (Lipinski definition) is 1. The first-order valence-corrected chi connectivity index (χ1v) is 3.24. The van der Waals surface area contributed by atoms with Crippen molar-refractivity contribution in [2.75, 3.05) is 6.54 Å². The average Bonchev–Trinajstić information content (AvgIpc) is 2.08. The Morgan fingerprint density at radius 2 is 2.22 bits per heavy atom. The largest absolute Gasteiger partial charge is 0.330 e. The van der Waals surface area contributed by atoms with Gasteiger partial charge in [0.25, 0.3) is 5.92 Å². The predicted molar refractivity (Wildman–Crippen MR) is 31.3 cm³/mol. The molecule has 0 heterocycles. The molecule has 1 fully saturated rings. The molecule has 54 valence electrons. The Bertz CT molecular complexity index is 103. The van der Waals surface area contributed by atoms with Crippen molar-refractivity contribution in [3.8, 4) is 0 Å². The molecule has 0 aromatic rings. The predicted octanol–water partition coefficient (Wildman–Crippen LogP) is 1.38. The molecule has 1 unspecified atom stereocenters. The zero-order valence-corrected chi connectivity index (χ0v) is 5.24. The Morgan fingerprint density at radius 1 is 1.56 bits per heavy atom. The lowest BCUT2D eigenvalue weighted by Crippen LogP contribution is -2.28. The third-order valence-electron chi connectivity index (χ3n) is 1.94. The van der Waals surface area contributed by atoms with Crippen LogP contribution < -0.4 is 5.73 Å². The van der Waals surface area contributed by atoms with Crippen LogP contribution in [0.2, 0.25) is 0 Å². The maximum Gasteiger partial charge on any atom is 0.252 e. The number of nitrogens with two attached hydrogens (primary N) is 1. The number of rotatable bonds is 1. The maximum absolute atomic E-state index is 12.5. The summed E-state index contributed by atoms with van der Waals surface area (Å²) in [5, 5.41) is 0. The molecule has 0 spiro atoms. The molecule has 1 saturated carbocycles. The quantitative estimate of drug-likeness (QED) is 0.577. The lowest BCUT2D eigenvalue weighted by atomic mass is 10.1. The lowest BCUT2D eigenvalue weighted by molar-refractivity contribution is -0.0331. The van der Waals surface area contributed by atoms with Gasteiger partial charge in [0.2, 0.25) is 0 Å². The molecule has 1 aliphatic carbocycles. The molecule has 1 atom stereocenters. The van der Waals surface area contributed by atoms with E-state index in [2.05, 4.69) is 0 Å². The summed E-state index contributed by atoms with van der Waals surface area (Å²) >= 11 is 0. The SMILES string of the molecule is NCC1CCCC1(F)F. The van der Waals surface area contributed by atoms with Crippen molar-refractivity contribution in [1.82, 2.24) is 0 Å². The fourth-order valence-electron chi connectivity index (χ4n) is 1.29. The smallest absolute Gasteiger partial charge is 0.252 e. The van der Waals surface area contributed by atoms with Crippen molar-refractivity contribution < 1.29 is 8.78 Å². The van der Waals surface area contributed by atoms with Crippen molar-refractivity contribution >= 4 is 0 Å². The second kappa shape index (κ2) is 2.21. The fraction of sp³-hybridized carbons (Fsp3) is 1.00. The van der Waals surface area contributed by atoms with Gasteiger partial charge in [-0.05, 0) is 12.8 Å². The van der Waals surface area contributed by atoms with E-state index in [0.717, 1.165) is 0 Å². The molecule has 0 aromatic heterocycles. The van der Waals surface area contributed by atoms with E-state index in [1.165, 1.54) is 0 Å². The molecule has 0 saturated heterocycles. The standard InChI is InChI=1S/C6H11F2N/c7-6(8)3-1-2-5(6)4-9/h5H,1-4,9H2. The Hall–Kier alpha value is -0.180. The van der Waals surface area contributed by atoms with Gasteiger partial charge >= 0.3 is 0 Å². The molecule has 0 amide bonds. The van der Waals surface area contributed by atoms with E-state index in [0.29, 0.717) is 12.8 Å². The van der Waals surface area contributed by atoms with Gasteiger partial charge in [-0.15, -0.1) is 0 Å². The van der Waals surface area contributed by atoms with Gasteiger partial charge in [-0.25, -0.2) is 8.78 Å². The first-order chi connectivity index (χ1) is 4.17. The van der Waals surface area contributed by atoms with Crippen molar-refractivity contribution in [3.05, 3.63) is 0 Å². The highest BCUT2D eigenvalue weighted by molar-refractivity contribution is 4.84. The monoisotopic (exact) mass is 135 g/mol. The summed E-state index contributed by atoms with van der Waals surface area (Å²) < 4.78 is 25.1. The minimum atomic E-state index is -2.46. The zero-order chi connectivity index (χ0) is 6.91. The maximum atomic E-state index is 12.5. The van der Waals surface area contributed by atoms with Crippen LogP contribution in [0.4, 0.5) is 8.78 Å². The van der Waals surface area contributed by atoms with Gasteiger partial charge in [0.05, 0.1) is 0 Å². The normalized spacial score (nSPS) is 33.0. The number of alkyl halides is 2. The first-order valence-electron chi connectivity index (χ1n) is 3.24. The average molecular weight is 135 g/mol. The van der Waals surface area contributed by atoms with Gasteiger partial charge in [-0.3, -0.25) is 0 Å². The van der Waals surface area contributed by atoms with E-state index in [-0.39, 0.29) is 13.0 Å². The van der Waals surface area contributed by atoms with Gasteiger partial charge in [0, 0.05) is 18.9 Å². The van der Waals surface area contributed by atoms with Crippen molar-refractivity contribution in [2.45, 2.75) is 25.2 Å². The second-order valence-corrected chi connectivity index (χ2v) is 2.59. The minimum absolute atomic E-state index is 0.0366. The zero-order valence-electron chi connectivity index (χ0n) is 5.24. The first kappa shape index (κ1) is 6.93. The fourth-order valence-corrected chi connectivity index (χ4v) is 1.29. The molecule has 0 bridgehead atoms. The summed E-state index contributed by atoms with van der Waals surface area (Å²) in [6.45, 7) is 0.132. The van der Waals surface area contributed by atoms with Crippen LogP contribution in [0.5, 0.6) is 0 Å². The topological polar surface area (TPSA) is 26.0 Å². The highest BCUT2D eigenvalue weighted by atomic mass is 19.3. The molecule has 0 radical (unpaired) electrons. The highest BCUT2D eigenvalue weighted by Crippen LogP contribution is 2.39. The molecular formula is C6H11F2N. The second-order valence-electron chi connectivity index (χ2n) is 2.59. The van der Waals surface area contributed by atoms with Crippen LogP contribution in [0.15, 0.2) is 0 Å². The van der Waals surface area contributed by atoms with Crippen molar-refractivity contribution in [2.24, 2.45) is 11.7 Å². The van der Waals surface area contributed by atoms with Crippen molar-refractivity contribution in [1.29, 1.82) is 0 Å². The molecule has 2 N–H and O–H groups in total. The molecule has 9 heavy (non-hydrogen) atoms. The third-order valence-corrected chi connectivity index (χ3v) is 1.94. The Morgan fingerprint density at radius 3 is 2.44 bits per heavy atom. The Kier molecular flexibility index (Phi) is 1.70. The summed E-state index contributed by atoms with van der Waals surface area (Å²) in [7, 11) is 0. The van der Waals surface area contributed by atoms with Crippen LogP contribution in [-0.4, -0.2) is 12.5 Å². The van der Waals surface area contributed by atoms with Crippen LogP contribution in [0.25, 0.3) is 0 Å². The molecule has 3 heteroatoms. The third kappa shape index (κ3) is 1.21. The van der Waals surface area contributed by atoms with E-state index in [4.69, 9.17) is 5.73 Å². The Labute approximate surface area is 53.2 Å². The number of halogens is 2. The van der Waals surface area contributed by atoms with E-state index in [1.807, 2.05) is 0 Å². The van der Waals surface area contributed by atoms with Crippen LogP contribution in [0.3, 0.4) is 0 Å². The Balaban J connectivity index is 2.52. The molecule has 0 aromatic carbocycles. The highest BCUT2D eigenvalue weighted by Gasteiger charge is 2.42. The summed E-state index contributed by atoms with van der Waals surface area (Å²) in [6, 6.07) is 0. The van der Waals surface area contributed by atoms with Gasteiger partial charge in [-0.1, -0.05) is 0 Å². The van der Waals surface area contributed by atoms with Crippen molar-refractivity contribution in [3.63, 3.8) is 0 Å². The van der Waals surface area contributed by atoms with Gasteiger partial charge in [0.15, 0.2) is 0 Å². The summed E-state index contributed by atoms with van der Waals surface area (Å²) in [5.74, 6) is -3.01. The summed E-state index contributed by atoms with van der Waals surface area (Å²) in [5.41, 5.74) is 5.13. The van der Waals surface area contributed by atoms with Gasteiger partial charge in [0.1, 0.15) is 0 Å². The molecule has 1 nitrogen and oxygen atoms in total. The molecular weight excluding hydrogens is 124 g/mol. The van der Waals surface area contributed by atoms with Crippen LogP contribution in [0.1, 0.15) is 19.3 Å². The van der Waals surface area contributed by atoms with Crippen LogP contribution >= 0.6 is 0 Å².